The number of rotatable bonds is 4. The molecule has 138 valence electrons. The second-order valence-electron chi connectivity index (χ2n) is 6.34. The van der Waals surface area contributed by atoms with Gasteiger partial charge < -0.3 is 4.90 Å². The van der Waals surface area contributed by atoms with E-state index >= 15 is 0 Å². The minimum atomic E-state index is -2.91. The van der Waals surface area contributed by atoms with E-state index in [9.17, 15) is 22.0 Å². The Bertz CT molecular complexity index is 750. The molecule has 2 fully saturated rings. The van der Waals surface area contributed by atoms with Gasteiger partial charge in [-0.2, -0.15) is 0 Å². The van der Waals surface area contributed by atoms with Crippen LogP contribution in [-0.4, -0.2) is 73.6 Å². The summed E-state index contributed by atoms with van der Waals surface area (Å²) >= 11 is 1.06. The van der Waals surface area contributed by atoms with Gasteiger partial charge in [0.1, 0.15) is 11.6 Å². The Morgan fingerprint density at radius 1 is 1.20 bits per heavy atom. The van der Waals surface area contributed by atoms with Crippen molar-refractivity contribution in [3.05, 3.63) is 29.8 Å². The molecule has 0 radical (unpaired) electrons. The largest absolute Gasteiger partial charge is 0.339 e. The second kappa shape index (κ2) is 7.59. The van der Waals surface area contributed by atoms with Crippen LogP contribution in [0.2, 0.25) is 0 Å². The average molecular weight is 390 g/mol. The van der Waals surface area contributed by atoms with Gasteiger partial charge in [0.2, 0.25) is 5.91 Å². The zero-order chi connectivity index (χ0) is 18.0. The molecule has 25 heavy (non-hydrogen) atoms. The quantitative estimate of drug-likeness (QED) is 0.728. The molecule has 9 heteroatoms. The Kier molecular flexibility index (Phi) is 5.65. The number of carbonyl (C=O) groups excluding carboxylic acids is 1. The van der Waals surface area contributed by atoms with Gasteiger partial charge >= 0.3 is 0 Å². The van der Waals surface area contributed by atoms with Crippen LogP contribution >= 0.6 is 11.8 Å². The van der Waals surface area contributed by atoms with E-state index < -0.39 is 21.5 Å². The molecular weight excluding hydrogens is 370 g/mol. The fourth-order valence-electron chi connectivity index (χ4n) is 3.22. The van der Waals surface area contributed by atoms with Gasteiger partial charge in [0, 0.05) is 43.2 Å². The maximum atomic E-state index is 13.6. The average Bonchev–Trinajstić information content (AvgIpc) is 2.94. The number of sulfone groups is 1. The van der Waals surface area contributed by atoms with Gasteiger partial charge in [0.25, 0.3) is 0 Å². The minimum absolute atomic E-state index is 0.0601. The number of thioether (sulfide) groups is 1. The van der Waals surface area contributed by atoms with Crippen LogP contribution in [-0.2, 0) is 14.6 Å². The fraction of sp³-hybridized carbons (Fsp3) is 0.562. The van der Waals surface area contributed by atoms with Gasteiger partial charge in [-0.3, -0.25) is 9.69 Å². The molecule has 0 aliphatic carbocycles. The van der Waals surface area contributed by atoms with Crippen LogP contribution in [0.5, 0.6) is 0 Å². The van der Waals surface area contributed by atoms with E-state index in [0.717, 1.165) is 17.8 Å². The van der Waals surface area contributed by atoms with Crippen LogP contribution in [0.4, 0.5) is 8.78 Å². The second-order valence-corrected chi connectivity index (χ2v) is 9.58. The van der Waals surface area contributed by atoms with Crippen molar-refractivity contribution in [2.24, 2.45) is 0 Å². The maximum Gasteiger partial charge on any atom is 0.233 e. The van der Waals surface area contributed by atoms with Crippen LogP contribution in [0.15, 0.2) is 23.1 Å². The van der Waals surface area contributed by atoms with Crippen LogP contribution in [0.1, 0.15) is 6.42 Å². The molecule has 2 aliphatic heterocycles. The maximum absolute atomic E-state index is 13.6. The highest BCUT2D eigenvalue weighted by atomic mass is 32.2. The van der Waals surface area contributed by atoms with Crippen molar-refractivity contribution in [3.8, 4) is 0 Å². The zero-order valence-electron chi connectivity index (χ0n) is 13.7. The van der Waals surface area contributed by atoms with E-state index in [4.69, 9.17) is 0 Å². The molecule has 1 amide bonds. The lowest BCUT2D eigenvalue weighted by molar-refractivity contribution is -0.130. The molecule has 0 N–H and O–H groups in total. The number of amides is 1. The van der Waals surface area contributed by atoms with Gasteiger partial charge in [-0.25, -0.2) is 17.2 Å². The van der Waals surface area contributed by atoms with Crippen molar-refractivity contribution in [1.82, 2.24) is 9.80 Å². The summed E-state index contributed by atoms with van der Waals surface area (Å²) in [6, 6.07) is 3.37. The van der Waals surface area contributed by atoms with Crippen LogP contribution in [0.3, 0.4) is 0 Å². The Morgan fingerprint density at radius 3 is 2.52 bits per heavy atom. The number of carbonyl (C=O) groups is 1. The van der Waals surface area contributed by atoms with E-state index in [1.165, 1.54) is 12.1 Å². The third-order valence-electron chi connectivity index (χ3n) is 4.64. The molecule has 5 nitrogen and oxygen atoms in total. The van der Waals surface area contributed by atoms with Crippen molar-refractivity contribution < 1.29 is 22.0 Å². The fourth-order valence-corrected chi connectivity index (χ4v) is 5.81. The predicted octanol–water partition coefficient (Wildman–Crippen LogP) is 1.39. The number of nitrogens with zero attached hydrogens (tertiary/aromatic N) is 2. The van der Waals surface area contributed by atoms with Gasteiger partial charge in [-0.1, -0.05) is 0 Å². The molecule has 0 spiro atoms. The zero-order valence-corrected chi connectivity index (χ0v) is 15.3. The Hall–Kier alpha value is -1.19. The van der Waals surface area contributed by atoms with Gasteiger partial charge in [-0.05, 0) is 18.6 Å². The first kappa shape index (κ1) is 18.6. The van der Waals surface area contributed by atoms with E-state index in [0.29, 0.717) is 32.6 Å². The van der Waals surface area contributed by atoms with Gasteiger partial charge in [0.15, 0.2) is 9.84 Å². The van der Waals surface area contributed by atoms with Crippen molar-refractivity contribution in [3.63, 3.8) is 0 Å². The van der Waals surface area contributed by atoms with Crippen molar-refractivity contribution in [2.45, 2.75) is 17.4 Å². The smallest absolute Gasteiger partial charge is 0.233 e. The number of halogens is 2. The number of hydrogen-bond acceptors (Lipinski definition) is 5. The number of piperazine rings is 1. The van der Waals surface area contributed by atoms with Crippen molar-refractivity contribution in [1.29, 1.82) is 0 Å². The van der Waals surface area contributed by atoms with Crippen LogP contribution < -0.4 is 0 Å². The van der Waals surface area contributed by atoms with E-state index in [2.05, 4.69) is 4.90 Å². The first-order chi connectivity index (χ1) is 11.8. The summed E-state index contributed by atoms with van der Waals surface area (Å²) in [7, 11) is -2.91. The monoisotopic (exact) mass is 390 g/mol. The lowest BCUT2D eigenvalue weighted by atomic mass is 10.2. The first-order valence-electron chi connectivity index (χ1n) is 8.14. The molecule has 0 aromatic heterocycles. The summed E-state index contributed by atoms with van der Waals surface area (Å²) in [5, 5.41) is 0. The molecule has 1 aromatic carbocycles. The summed E-state index contributed by atoms with van der Waals surface area (Å²) in [5.74, 6) is -0.840. The van der Waals surface area contributed by atoms with E-state index in [1.54, 1.807) is 4.90 Å². The molecule has 1 aromatic rings. The van der Waals surface area contributed by atoms with E-state index in [-0.39, 0.29) is 34.1 Å². The molecule has 2 heterocycles. The van der Waals surface area contributed by atoms with Gasteiger partial charge in [-0.15, -0.1) is 11.8 Å². The topological polar surface area (TPSA) is 57.7 Å². The third kappa shape index (κ3) is 4.71. The molecule has 2 aliphatic rings. The first-order valence-corrected chi connectivity index (χ1v) is 10.9. The molecule has 1 atom stereocenters. The summed E-state index contributed by atoms with van der Waals surface area (Å²) in [4.78, 5) is 16.4. The molecule has 0 bridgehead atoms. The number of benzene rings is 1. The molecule has 2 saturated heterocycles. The Labute approximate surface area is 150 Å². The summed E-state index contributed by atoms with van der Waals surface area (Å²) in [6.07, 6.45) is 0.663. The Morgan fingerprint density at radius 2 is 1.92 bits per heavy atom. The summed E-state index contributed by atoms with van der Waals surface area (Å²) < 4.78 is 49.6. The molecular formula is C16H20F2N2O3S2. The molecule has 0 saturated carbocycles. The molecule has 0 unspecified atom stereocenters. The minimum Gasteiger partial charge on any atom is -0.339 e. The van der Waals surface area contributed by atoms with Gasteiger partial charge in [0.05, 0.1) is 17.3 Å². The highest BCUT2D eigenvalue weighted by Crippen LogP contribution is 2.23. The SMILES string of the molecule is O=C(CSc1ccc(F)cc1F)N1CCN([C@H]2CCS(=O)(=O)C2)CC1. The standard InChI is InChI=1S/C16H20F2N2O3S2/c17-12-1-2-15(14(18)9-12)24-10-16(21)20-6-4-19(5-7-20)13-3-8-25(22,23)11-13/h1-2,9,13H,3-8,10-11H2/t13-/m0/s1. The van der Waals surface area contributed by atoms with E-state index in [1.807, 2.05) is 0 Å². The predicted molar refractivity (Wildman–Crippen MR) is 92.3 cm³/mol. The normalized spacial score (nSPS) is 23.8. The lowest BCUT2D eigenvalue weighted by Gasteiger charge is -2.37. The number of hydrogen-bond donors (Lipinski definition) is 0. The Balaban J connectivity index is 1.47. The summed E-state index contributed by atoms with van der Waals surface area (Å²) in [5.41, 5.74) is 0. The van der Waals surface area contributed by atoms with Crippen LogP contribution in [0.25, 0.3) is 0 Å². The summed E-state index contributed by atoms with van der Waals surface area (Å²) in [6.45, 7) is 2.40. The van der Waals surface area contributed by atoms with Crippen molar-refractivity contribution >= 4 is 27.5 Å². The third-order valence-corrected chi connectivity index (χ3v) is 7.42. The molecule has 3 rings (SSSR count). The lowest BCUT2D eigenvalue weighted by Crippen LogP contribution is -2.52. The highest BCUT2D eigenvalue weighted by Gasteiger charge is 2.34. The van der Waals surface area contributed by atoms with Crippen LogP contribution in [0, 0.1) is 11.6 Å². The van der Waals surface area contributed by atoms with Crippen molar-refractivity contribution in [2.75, 3.05) is 43.4 Å². The highest BCUT2D eigenvalue weighted by molar-refractivity contribution is 8.00.